The van der Waals surface area contributed by atoms with Gasteiger partial charge in [-0.25, -0.2) is 4.79 Å². The summed E-state index contributed by atoms with van der Waals surface area (Å²) in [6.45, 7) is 5.55. The molecule has 1 amide bonds. The monoisotopic (exact) mass is 183 g/mol. The average Bonchev–Trinajstić information content (AvgIpc) is 1.78. The van der Waals surface area contributed by atoms with Crippen LogP contribution in [0.4, 0.5) is 4.79 Å². The second kappa shape index (κ2) is 3.81. The first-order chi connectivity index (χ1) is 5.97. The summed E-state index contributed by atoms with van der Waals surface area (Å²) in [5.74, 6) is 0. The van der Waals surface area contributed by atoms with Gasteiger partial charge in [-0.15, -0.1) is 0 Å². The Kier molecular flexibility index (Phi) is 2.96. The van der Waals surface area contributed by atoms with E-state index in [4.69, 9.17) is 4.74 Å². The highest BCUT2D eigenvalue weighted by Gasteiger charge is 2.15. The molecule has 1 rings (SSSR count). The maximum absolute atomic E-state index is 11.1. The second-order valence-electron chi connectivity index (χ2n) is 4.30. The number of carbonyl (C=O) groups is 1. The van der Waals surface area contributed by atoms with Crippen LogP contribution in [0.3, 0.4) is 0 Å². The van der Waals surface area contributed by atoms with Crippen molar-refractivity contribution in [3.05, 3.63) is 11.8 Å². The SMILES string of the molecule is CC(C)(C)OC(=O)NC=C1CCC1. The summed E-state index contributed by atoms with van der Waals surface area (Å²) >= 11 is 0. The lowest BCUT2D eigenvalue weighted by Gasteiger charge is -2.20. The zero-order chi connectivity index (χ0) is 9.90. The van der Waals surface area contributed by atoms with Crippen LogP contribution < -0.4 is 5.32 Å². The quantitative estimate of drug-likeness (QED) is 0.678. The molecule has 0 atom stereocenters. The van der Waals surface area contributed by atoms with Crippen molar-refractivity contribution in [3.63, 3.8) is 0 Å². The van der Waals surface area contributed by atoms with E-state index in [9.17, 15) is 4.79 Å². The molecule has 3 nitrogen and oxygen atoms in total. The van der Waals surface area contributed by atoms with Gasteiger partial charge in [-0.05, 0) is 40.0 Å². The molecule has 0 saturated heterocycles. The first-order valence-corrected chi connectivity index (χ1v) is 4.65. The van der Waals surface area contributed by atoms with Gasteiger partial charge >= 0.3 is 6.09 Å². The molecule has 1 saturated carbocycles. The second-order valence-corrected chi connectivity index (χ2v) is 4.30. The van der Waals surface area contributed by atoms with Crippen LogP contribution in [0, 0.1) is 0 Å². The molecule has 0 aromatic heterocycles. The van der Waals surface area contributed by atoms with E-state index in [1.165, 1.54) is 12.0 Å². The molecule has 1 aliphatic rings. The zero-order valence-corrected chi connectivity index (χ0v) is 8.52. The lowest BCUT2D eigenvalue weighted by molar-refractivity contribution is 0.0551. The van der Waals surface area contributed by atoms with E-state index in [0.717, 1.165) is 12.8 Å². The smallest absolute Gasteiger partial charge is 0.411 e. The van der Waals surface area contributed by atoms with Crippen molar-refractivity contribution in [1.29, 1.82) is 0 Å². The van der Waals surface area contributed by atoms with Crippen LogP contribution >= 0.6 is 0 Å². The number of ether oxygens (including phenoxy) is 1. The third-order valence-corrected chi connectivity index (χ3v) is 1.79. The Morgan fingerprint density at radius 1 is 1.46 bits per heavy atom. The number of rotatable bonds is 1. The maximum atomic E-state index is 11.1. The summed E-state index contributed by atoms with van der Waals surface area (Å²) in [6, 6.07) is 0. The van der Waals surface area contributed by atoms with E-state index in [0.29, 0.717) is 0 Å². The predicted molar refractivity (Wildman–Crippen MR) is 51.3 cm³/mol. The normalized spacial score (nSPS) is 16.1. The van der Waals surface area contributed by atoms with Crippen LogP contribution in [-0.2, 0) is 4.74 Å². The van der Waals surface area contributed by atoms with Gasteiger partial charge in [0.2, 0.25) is 0 Å². The van der Waals surface area contributed by atoms with Crippen LogP contribution in [0.25, 0.3) is 0 Å². The molecule has 0 aromatic rings. The van der Waals surface area contributed by atoms with E-state index in [1.54, 1.807) is 6.20 Å². The van der Waals surface area contributed by atoms with Gasteiger partial charge in [0.15, 0.2) is 0 Å². The fraction of sp³-hybridized carbons (Fsp3) is 0.700. The van der Waals surface area contributed by atoms with Gasteiger partial charge in [-0.2, -0.15) is 0 Å². The Bertz CT molecular complexity index is 220. The van der Waals surface area contributed by atoms with Crippen LogP contribution in [0.1, 0.15) is 40.0 Å². The minimum Gasteiger partial charge on any atom is -0.444 e. The first-order valence-electron chi connectivity index (χ1n) is 4.65. The molecule has 1 N–H and O–H groups in total. The zero-order valence-electron chi connectivity index (χ0n) is 8.52. The third kappa shape index (κ3) is 3.97. The summed E-state index contributed by atoms with van der Waals surface area (Å²) in [5, 5.41) is 2.62. The van der Waals surface area contributed by atoms with Crippen molar-refractivity contribution in [2.24, 2.45) is 0 Å². The number of carbonyl (C=O) groups excluding carboxylic acids is 1. The number of hydrogen-bond acceptors (Lipinski definition) is 2. The Morgan fingerprint density at radius 2 is 2.08 bits per heavy atom. The molecule has 0 spiro atoms. The summed E-state index contributed by atoms with van der Waals surface area (Å²) in [5.41, 5.74) is 0.883. The van der Waals surface area contributed by atoms with Gasteiger partial charge < -0.3 is 4.74 Å². The molecular formula is C10H17NO2. The van der Waals surface area contributed by atoms with Gasteiger partial charge in [0, 0.05) is 6.20 Å². The van der Waals surface area contributed by atoms with Crippen LogP contribution in [-0.4, -0.2) is 11.7 Å². The van der Waals surface area contributed by atoms with E-state index in [-0.39, 0.29) is 6.09 Å². The molecule has 13 heavy (non-hydrogen) atoms. The molecule has 74 valence electrons. The van der Waals surface area contributed by atoms with Gasteiger partial charge in [-0.1, -0.05) is 5.57 Å². The maximum Gasteiger partial charge on any atom is 0.411 e. The molecule has 0 heterocycles. The highest BCUT2D eigenvalue weighted by Crippen LogP contribution is 2.24. The van der Waals surface area contributed by atoms with Crippen molar-refractivity contribution in [1.82, 2.24) is 5.32 Å². The lowest BCUT2D eigenvalue weighted by Crippen LogP contribution is -2.30. The number of alkyl carbamates (subject to hydrolysis) is 1. The van der Waals surface area contributed by atoms with Crippen molar-refractivity contribution >= 4 is 6.09 Å². The first kappa shape index (κ1) is 10.1. The summed E-state index contributed by atoms with van der Waals surface area (Å²) < 4.78 is 5.06. The largest absolute Gasteiger partial charge is 0.444 e. The molecular weight excluding hydrogens is 166 g/mol. The Balaban J connectivity index is 2.25. The molecule has 1 aliphatic carbocycles. The summed E-state index contributed by atoms with van der Waals surface area (Å²) in [6.07, 6.45) is 4.84. The van der Waals surface area contributed by atoms with Gasteiger partial charge in [0.1, 0.15) is 5.60 Å². The van der Waals surface area contributed by atoms with E-state index < -0.39 is 5.60 Å². The molecule has 0 unspecified atom stereocenters. The number of nitrogens with one attached hydrogen (secondary N) is 1. The van der Waals surface area contributed by atoms with Gasteiger partial charge in [-0.3, -0.25) is 5.32 Å². The molecule has 0 radical (unpaired) electrons. The van der Waals surface area contributed by atoms with Crippen molar-refractivity contribution in [3.8, 4) is 0 Å². The Morgan fingerprint density at radius 3 is 2.46 bits per heavy atom. The van der Waals surface area contributed by atoms with E-state index >= 15 is 0 Å². The molecule has 3 heteroatoms. The fourth-order valence-corrected chi connectivity index (χ4v) is 0.994. The third-order valence-electron chi connectivity index (χ3n) is 1.79. The minimum atomic E-state index is -0.414. The van der Waals surface area contributed by atoms with Crippen LogP contribution in [0.2, 0.25) is 0 Å². The van der Waals surface area contributed by atoms with Gasteiger partial charge in [0.25, 0.3) is 0 Å². The number of hydrogen-bond donors (Lipinski definition) is 1. The topological polar surface area (TPSA) is 38.3 Å². The lowest BCUT2D eigenvalue weighted by atomic mass is 9.94. The average molecular weight is 183 g/mol. The van der Waals surface area contributed by atoms with E-state index in [1.807, 2.05) is 20.8 Å². The van der Waals surface area contributed by atoms with Crippen molar-refractivity contribution in [2.45, 2.75) is 45.6 Å². The van der Waals surface area contributed by atoms with Crippen molar-refractivity contribution < 1.29 is 9.53 Å². The highest BCUT2D eigenvalue weighted by molar-refractivity contribution is 5.69. The fourth-order valence-electron chi connectivity index (χ4n) is 0.994. The Hall–Kier alpha value is -0.990. The number of allylic oxidation sites excluding steroid dienone is 1. The highest BCUT2D eigenvalue weighted by atomic mass is 16.6. The number of amides is 1. The van der Waals surface area contributed by atoms with E-state index in [2.05, 4.69) is 5.32 Å². The summed E-state index contributed by atoms with van der Waals surface area (Å²) in [4.78, 5) is 11.1. The standard InChI is InChI=1S/C10H17NO2/c1-10(2,3)13-9(12)11-7-8-5-4-6-8/h7H,4-6H2,1-3H3,(H,11,12). The Labute approximate surface area is 79.2 Å². The van der Waals surface area contributed by atoms with Crippen LogP contribution in [0.15, 0.2) is 11.8 Å². The molecule has 0 aromatic carbocycles. The molecule has 0 bridgehead atoms. The van der Waals surface area contributed by atoms with Gasteiger partial charge in [0.05, 0.1) is 0 Å². The minimum absolute atomic E-state index is 0.369. The predicted octanol–water partition coefficient (Wildman–Crippen LogP) is 2.58. The summed E-state index contributed by atoms with van der Waals surface area (Å²) in [7, 11) is 0. The molecule has 0 aliphatic heterocycles. The van der Waals surface area contributed by atoms with Crippen LogP contribution in [0.5, 0.6) is 0 Å². The van der Waals surface area contributed by atoms with Crippen molar-refractivity contribution in [2.75, 3.05) is 0 Å². The molecule has 1 fully saturated rings.